The lowest BCUT2D eigenvalue weighted by Gasteiger charge is -2.06. The Morgan fingerprint density at radius 1 is 1.15 bits per heavy atom. The van der Waals surface area contributed by atoms with Crippen molar-refractivity contribution < 1.29 is 4.74 Å². The molecule has 7 heteroatoms. The summed E-state index contributed by atoms with van der Waals surface area (Å²) in [7, 11) is 0. The number of nitrogens with one attached hydrogen (secondary N) is 2. The lowest BCUT2D eigenvalue weighted by molar-refractivity contribution is 0.460. The number of rotatable bonds is 3. The van der Waals surface area contributed by atoms with Crippen molar-refractivity contribution in [3.05, 3.63) is 59.8 Å². The van der Waals surface area contributed by atoms with Gasteiger partial charge >= 0.3 is 0 Å². The van der Waals surface area contributed by atoms with Crippen LogP contribution < -0.4 is 10.5 Å². The van der Waals surface area contributed by atoms with Crippen LogP contribution in [0, 0.1) is 18.3 Å². The van der Waals surface area contributed by atoms with Gasteiger partial charge in [-0.3, -0.25) is 5.73 Å². The molecule has 1 radical (unpaired) electrons. The van der Waals surface area contributed by atoms with Crippen LogP contribution in [0.15, 0.2) is 48.7 Å². The first-order valence-corrected chi connectivity index (χ1v) is 7.86. The van der Waals surface area contributed by atoms with Gasteiger partial charge in [-0.1, -0.05) is 12.1 Å². The molecule has 2 heterocycles. The fourth-order valence-electron chi connectivity index (χ4n) is 2.57. The number of aromatic nitrogens is 4. The van der Waals surface area contributed by atoms with Crippen LogP contribution in [-0.2, 0) is 0 Å². The van der Waals surface area contributed by atoms with E-state index in [4.69, 9.17) is 15.7 Å². The largest absolute Gasteiger partial charge is 0.437 e. The Hall–Kier alpha value is -3.92. The van der Waals surface area contributed by atoms with Gasteiger partial charge in [0.1, 0.15) is 5.75 Å². The average Bonchev–Trinajstić information content (AvgIpc) is 3.06. The quantitative estimate of drug-likeness (QED) is 0.607. The average molecular weight is 341 g/mol. The first-order valence-electron chi connectivity index (χ1n) is 7.86. The molecule has 0 amide bonds. The molecule has 0 unspecified atom stereocenters. The molecule has 0 saturated heterocycles. The molecule has 4 aromatic rings. The molecule has 2 N–H and O–H groups in total. The molecule has 0 spiro atoms. The number of benzene rings is 2. The summed E-state index contributed by atoms with van der Waals surface area (Å²) in [6, 6.07) is 14.7. The van der Waals surface area contributed by atoms with Gasteiger partial charge in [-0.05, 0) is 42.8 Å². The predicted octanol–water partition coefficient (Wildman–Crippen LogP) is 3.91. The van der Waals surface area contributed by atoms with Crippen LogP contribution in [0.2, 0.25) is 0 Å². The number of H-pyrrole nitrogens is 1. The zero-order valence-electron chi connectivity index (χ0n) is 13.8. The number of aryl methyl sites for hydroxylation is 1. The number of fused-ring (bicyclic) bond motifs is 1. The first kappa shape index (κ1) is 15.6. The summed E-state index contributed by atoms with van der Waals surface area (Å²) in [5.41, 5.74) is 11.6. The summed E-state index contributed by atoms with van der Waals surface area (Å²) in [6.45, 7) is 2.00. The molecule has 2 aromatic carbocycles. The molecule has 4 rings (SSSR count). The minimum Gasteiger partial charge on any atom is -0.437 e. The number of nitrogens with zero attached hydrogens (tertiary/aromatic N) is 4. The Balaban J connectivity index is 1.72. The lowest BCUT2D eigenvalue weighted by atomic mass is 10.2. The van der Waals surface area contributed by atoms with E-state index in [1.165, 1.54) is 6.20 Å². The Morgan fingerprint density at radius 3 is 2.88 bits per heavy atom. The van der Waals surface area contributed by atoms with E-state index in [9.17, 15) is 0 Å². The zero-order chi connectivity index (χ0) is 18.1. The second-order valence-electron chi connectivity index (χ2n) is 5.75. The van der Waals surface area contributed by atoms with Gasteiger partial charge in [0.25, 0.3) is 0 Å². The Bertz CT molecular complexity index is 1160. The molecular weight excluding hydrogens is 328 g/mol. The van der Waals surface area contributed by atoms with E-state index in [1.807, 2.05) is 25.1 Å². The minimum atomic E-state index is -0.00102. The maximum Gasteiger partial charge on any atom is 0.238 e. The highest BCUT2D eigenvalue weighted by molar-refractivity contribution is 5.80. The molecule has 2 aromatic heterocycles. The number of aromatic amines is 1. The highest BCUT2D eigenvalue weighted by atomic mass is 16.5. The predicted molar refractivity (Wildman–Crippen MR) is 95.8 cm³/mol. The fraction of sp³-hybridized carbons (Fsp3) is 0.0526. The normalized spacial score (nSPS) is 10.6. The SMILES string of the molecule is Cc1ccc2nc(-c3nc(Oc4cccc(C#N)c4)cnc3[NH])[nH]c2c1. The number of hydrogen-bond acceptors (Lipinski definition) is 5. The van der Waals surface area contributed by atoms with Crippen molar-refractivity contribution in [3.8, 4) is 29.2 Å². The monoisotopic (exact) mass is 341 g/mol. The molecule has 125 valence electrons. The summed E-state index contributed by atoms with van der Waals surface area (Å²) in [5.74, 6) is 1.16. The van der Waals surface area contributed by atoms with Crippen molar-refractivity contribution >= 4 is 16.9 Å². The van der Waals surface area contributed by atoms with Crippen molar-refractivity contribution in [1.29, 1.82) is 5.26 Å². The van der Waals surface area contributed by atoms with Crippen LogP contribution in [-0.4, -0.2) is 19.9 Å². The van der Waals surface area contributed by atoms with Crippen LogP contribution in [0.1, 0.15) is 11.1 Å². The van der Waals surface area contributed by atoms with Crippen LogP contribution in [0.4, 0.5) is 5.82 Å². The van der Waals surface area contributed by atoms with Crippen LogP contribution in [0.3, 0.4) is 0 Å². The second kappa shape index (κ2) is 6.18. The van der Waals surface area contributed by atoms with Gasteiger partial charge in [0.2, 0.25) is 5.88 Å². The second-order valence-corrected chi connectivity index (χ2v) is 5.75. The summed E-state index contributed by atoms with van der Waals surface area (Å²) >= 11 is 0. The van der Waals surface area contributed by atoms with E-state index in [0.29, 0.717) is 22.8 Å². The third kappa shape index (κ3) is 2.91. The summed E-state index contributed by atoms with van der Waals surface area (Å²) < 4.78 is 5.68. The number of ether oxygens (including phenoxy) is 1. The first-order chi connectivity index (χ1) is 12.6. The van der Waals surface area contributed by atoms with Gasteiger partial charge in [-0.15, -0.1) is 0 Å². The van der Waals surface area contributed by atoms with E-state index < -0.39 is 0 Å². The van der Waals surface area contributed by atoms with E-state index in [2.05, 4.69) is 26.0 Å². The van der Waals surface area contributed by atoms with E-state index >= 15 is 0 Å². The van der Waals surface area contributed by atoms with Crippen molar-refractivity contribution in [1.82, 2.24) is 25.7 Å². The molecule has 0 atom stereocenters. The Kier molecular flexibility index (Phi) is 3.71. The van der Waals surface area contributed by atoms with Crippen molar-refractivity contribution in [2.75, 3.05) is 0 Å². The number of hydrogen-bond donors (Lipinski definition) is 1. The molecule has 0 aliphatic carbocycles. The standard InChI is InChI=1S/C19H13N6O/c1-11-5-6-14-15(7-11)24-19(23-14)17-18(21)22-10-16(25-17)26-13-4-2-3-12(8-13)9-20/h2-8,10,21H,1H3,(H,23,24). The van der Waals surface area contributed by atoms with Gasteiger partial charge < -0.3 is 9.72 Å². The van der Waals surface area contributed by atoms with E-state index in [1.54, 1.807) is 24.3 Å². The van der Waals surface area contributed by atoms with Gasteiger partial charge in [-0.25, -0.2) is 15.0 Å². The molecule has 26 heavy (non-hydrogen) atoms. The van der Waals surface area contributed by atoms with Crippen molar-refractivity contribution in [2.24, 2.45) is 0 Å². The maximum absolute atomic E-state index is 8.98. The third-order valence-corrected chi connectivity index (χ3v) is 3.80. The van der Waals surface area contributed by atoms with E-state index in [-0.39, 0.29) is 11.7 Å². The van der Waals surface area contributed by atoms with Gasteiger partial charge in [-0.2, -0.15) is 5.26 Å². The molecule has 0 aliphatic heterocycles. The molecule has 0 saturated carbocycles. The summed E-state index contributed by atoms with van der Waals surface area (Å²) in [6.07, 6.45) is 1.37. The third-order valence-electron chi connectivity index (χ3n) is 3.80. The van der Waals surface area contributed by atoms with Crippen molar-refractivity contribution in [2.45, 2.75) is 6.92 Å². The van der Waals surface area contributed by atoms with Crippen molar-refractivity contribution in [3.63, 3.8) is 0 Å². The molecule has 0 aliphatic rings. The molecule has 0 fully saturated rings. The lowest BCUT2D eigenvalue weighted by Crippen LogP contribution is -1.96. The summed E-state index contributed by atoms with van der Waals surface area (Å²) in [5, 5.41) is 8.98. The minimum absolute atomic E-state index is 0.00102. The highest BCUT2D eigenvalue weighted by Gasteiger charge is 2.14. The van der Waals surface area contributed by atoms with Crippen LogP contribution >= 0.6 is 0 Å². The maximum atomic E-state index is 8.98. The number of imidazole rings is 1. The molecular formula is C19H13N6O. The Morgan fingerprint density at radius 2 is 2.04 bits per heavy atom. The van der Waals surface area contributed by atoms with Gasteiger partial charge in [0.05, 0.1) is 28.9 Å². The summed E-state index contributed by atoms with van der Waals surface area (Å²) in [4.78, 5) is 16.1. The van der Waals surface area contributed by atoms with Gasteiger partial charge in [0, 0.05) is 0 Å². The topological polar surface area (TPSA) is 111 Å². The smallest absolute Gasteiger partial charge is 0.238 e. The number of nitriles is 1. The van der Waals surface area contributed by atoms with Gasteiger partial charge in [0.15, 0.2) is 17.3 Å². The molecule has 7 nitrogen and oxygen atoms in total. The Labute approximate surface area is 149 Å². The molecule has 0 bridgehead atoms. The zero-order valence-corrected chi connectivity index (χ0v) is 13.8. The van der Waals surface area contributed by atoms with Crippen LogP contribution in [0.5, 0.6) is 11.6 Å². The van der Waals surface area contributed by atoms with Crippen LogP contribution in [0.25, 0.3) is 22.6 Å². The van der Waals surface area contributed by atoms with E-state index in [0.717, 1.165) is 16.6 Å². The highest BCUT2D eigenvalue weighted by Crippen LogP contribution is 2.27. The fourth-order valence-corrected chi connectivity index (χ4v) is 2.57.